The van der Waals surface area contributed by atoms with E-state index < -0.39 is 0 Å². The van der Waals surface area contributed by atoms with Gasteiger partial charge in [-0.25, -0.2) is 0 Å². The average Bonchev–Trinajstić information content (AvgIpc) is 3.27. The number of rotatable bonds is 9. The summed E-state index contributed by atoms with van der Waals surface area (Å²) in [6.07, 6.45) is 2.05. The van der Waals surface area contributed by atoms with Crippen LogP contribution in [0, 0.1) is 0 Å². The molecule has 2 heterocycles. The normalized spacial score (nSPS) is 12.9. The van der Waals surface area contributed by atoms with Gasteiger partial charge in [0.15, 0.2) is 11.5 Å². The van der Waals surface area contributed by atoms with E-state index in [-0.39, 0.29) is 18.3 Å². The van der Waals surface area contributed by atoms with Crippen molar-refractivity contribution in [2.24, 2.45) is 0 Å². The number of fused-ring (bicyclic) bond motifs is 1. The standard InChI is InChI=1S/C20H26N2O3S.ClH/c1-21(10-7-16-6-4-11-26-16)8-5-9-22-14-15-12-18(24-2)19(25-3)13-17(15)20(22)23;/h4,6,11-13H,5,7-10,14H2,1-3H3;1H. The summed E-state index contributed by atoms with van der Waals surface area (Å²) in [6.45, 7) is 3.44. The highest BCUT2D eigenvalue weighted by Crippen LogP contribution is 2.34. The molecule has 7 heteroatoms. The molecule has 1 aliphatic heterocycles. The first-order valence-corrected chi connectivity index (χ1v) is 9.75. The average molecular weight is 411 g/mol. The fraction of sp³-hybridized carbons (Fsp3) is 0.450. The van der Waals surface area contributed by atoms with Gasteiger partial charge in [-0.3, -0.25) is 4.79 Å². The summed E-state index contributed by atoms with van der Waals surface area (Å²) >= 11 is 1.81. The third kappa shape index (κ3) is 5.15. The Balaban J connectivity index is 0.00000261. The number of amides is 1. The number of likely N-dealkylation sites (N-methyl/N-ethyl adjacent to an activating group) is 1. The highest BCUT2D eigenvalue weighted by molar-refractivity contribution is 7.09. The van der Waals surface area contributed by atoms with Gasteiger partial charge in [-0.2, -0.15) is 0 Å². The van der Waals surface area contributed by atoms with Crippen molar-refractivity contribution >= 4 is 29.7 Å². The summed E-state index contributed by atoms with van der Waals surface area (Å²) in [5.41, 5.74) is 1.74. The van der Waals surface area contributed by atoms with Crippen molar-refractivity contribution in [3.8, 4) is 11.5 Å². The predicted octanol–water partition coefficient (Wildman–Crippen LogP) is 3.71. The predicted molar refractivity (Wildman–Crippen MR) is 112 cm³/mol. The van der Waals surface area contributed by atoms with Crippen LogP contribution in [0.25, 0.3) is 0 Å². The second-order valence-corrected chi connectivity index (χ2v) is 7.61. The zero-order chi connectivity index (χ0) is 18.5. The highest BCUT2D eigenvalue weighted by atomic mass is 35.5. The molecule has 3 rings (SSSR count). The van der Waals surface area contributed by atoms with E-state index in [1.165, 1.54) is 4.88 Å². The minimum absolute atomic E-state index is 0. The molecule has 0 radical (unpaired) electrons. The summed E-state index contributed by atoms with van der Waals surface area (Å²) in [6, 6.07) is 7.99. The molecule has 1 aromatic heterocycles. The molecule has 2 aromatic rings. The van der Waals surface area contributed by atoms with Crippen LogP contribution in [-0.4, -0.2) is 56.6 Å². The zero-order valence-electron chi connectivity index (χ0n) is 16.1. The van der Waals surface area contributed by atoms with Crippen molar-refractivity contribution in [2.45, 2.75) is 19.4 Å². The van der Waals surface area contributed by atoms with E-state index in [1.807, 2.05) is 22.3 Å². The largest absolute Gasteiger partial charge is 0.493 e. The molecular formula is C20H27ClN2O3S. The first kappa shape index (κ1) is 21.5. The minimum atomic E-state index is 0. The van der Waals surface area contributed by atoms with E-state index in [0.717, 1.165) is 43.6 Å². The van der Waals surface area contributed by atoms with Crippen LogP contribution in [0.2, 0.25) is 0 Å². The van der Waals surface area contributed by atoms with Crippen LogP contribution in [0.5, 0.6) is 11.5 Å². The lowest BCUT2D eigenvalue weighted by molar-refractivity contribution is 0.0772. The van der Waals surface area contributed by atoms with E-state index in [4.69, 9.17) is 9.47 Å². The van der Waals surface area contributed by atoms with E-state index in [1.54, 1.807) is 20.3 Å². The molecule has 148 valence electrons. The van der Waals surface area contributed by atoms with Gasteiger partial charge in [0.2, 0.25) is 0 Å². The number of methoxy groups -OCH3 is 2. The molecule has 1 amide bonds. The first-order valence-electron chi connectivity index (χ1n) is 8.87. The molecule has 1 aromatic carbocycles. The summed E-state index contributed by atoms with van der Waals surface area (Å²) < 4.78 is 10.7. The molecule has 27 heavy (non-hydrogen) atoms. The summed E-state index contributed by atoms with van der Waals surface area (Å²) in [7, 11) is 5.35. The van der Waals surface area contributed by atoms with Crippen LogP contribution < -0.4 is 9.47 Å². The first-order chi connectivity index (χ1) is 12.6. The van der Waals surface area contributed by atoms with Crippen LogP contribution >= 0.6 is 23.7 Å². The van der Waals surface area contributed by atoms with Crippen molar-refractivity contribution in [2.75, 3.05) is 40.9 Å². The van der Waals surface area contributed by atoms with E-state index >= 15 is 0 Å². The molecule has 0 atom stereocenters. The monoisotopic (exact) mass is 410 g/mol. The Morgan fingerprint density at radius 1 is 1.19 bits per heavy atom. The number of hydrogen-bond acceptors (Lipinski definition) is 5. The van der Waals surface area contributed by atoms with Gasteiger partial charge in [0, 0.05) is 30.1 Å². The topological polar surface area (TPSA) is 42.0 Å². The number of halogens is 1. The van der Waals surface area contributed by atoms with Crippen molar-refractivity contribution in [3.05, 3.63) is 45.6 Å². The van der Waals surface area contributed by atoms with Crippen molar-refractivity contribution < 1.29 is 14.3 Å². The molecule has 0 spiro atoms. The van der Waals surface area contributed by atoms with Gasteiger partial charge in [0.1, 0.15) is 0 Å². The Bertz CT molecular complexity index is 752. The summed E-state index contributed by atoms with van der Waals surface area (Å²) in [5, 5.41) is 2.12. The summed E-state index contributed by atoms with van der Waals surface area (Å²) in [5.74, 6) is 1.37. The number of carbonyl (C=O) groups is 1. The van der Waals surface area contributed by atoms with Gasteiger partial charge >= 0.3 is 0 Å². The van der Waals surface area contributed by atoms with Crippen LogP contribution in [0.1, 0.15) is 27.2 Å². The van der Waals surface area contributed by atoms with Crippen LogP contribution in [0.15, 0.2) is 29.6 Å². The van der Waals surface area contributed by atoms with Crippen molar-refractivity contribution in [3.63, 3.8) is 0 Å². The lowest BCUT2D eigenvalue weighted by Crippen LogP contribution is -2.29. The van der Waals surface area contributed by atoms with Gasteiger partial charge < -0.3 is 19.3 Å². The number of carbonyl (C=O) groups excluding carboxylic acids is 1. The number of hydrogen-bond donors (Lipinski definition) is 0. The van der Waals surface area contributed by atoms with Crippen LogP contribution in [0.3, 0.4) is 0 Å². The highest BCUT2D eigenvalue weighted by Gasteiger charge is 2.29. The Morgan fingerprint density at radius 3 is 2.59 bits per heavy atom. The number of ether oxygens (including phenoxy) is 2. The van der Waals surface area contributed by atoms with Crippen LogP contribution in [0.4, 0.5) is 0 Å². The molecule has 0 saturated carbocycles. The number of thiophene rings is 1. The third-order valence-corrected chi connectivity index (χ3v) is 5.71. The van der Waals surface area contributed by atoms with Gasteiger partial charge in [-0.1, -0.05) is 6.07 Å². The molecule has 0 saturated heterocycles. The van der Waals surface area contributed by atoms with E-state index in [2.05, 4.69) is 29.5 Å². The fourth-order valence-corrected chi connectivity index (χ4v) is 3.98. The Morgan fingerprint density at radius 2 is 1.93 bits per heavy atom. The lowest BCUT2D eigenvalue weighted by atomic mass is 10.1. The zero-order valence-corrected chi connectivity index (χ0v) is 17.7. The molecule has 5 nitrogen and oxygen atoms in total. The van der Waals surface area contributed by atoms with Gasteiger partial charge in [-0.15, -0.1) is 23.7 Å². The van der Waals surface area contributed by atoms with E-state index in [9.17, 15) is 4.79 Å². The summed E-state index contributed by atoms with van der Waals surface area (Å²) in [4.78, 5) is 18.3. The molecule has 0 bridgehead atoms. The molecular weight excluding hydrogens is 384 g/mol. The minimum Gasteiger partial charge on any atom is -0.493 e. The Hall–Kier alpha value is -1.76. The smallest absolute Gasteiger partial charge is 0.254 e. The third-order valence-electron chi connectivity index (χ3n) is 4.78. The van der Waals surface area contributed by atoms with Crippen molar-refractivity contribution in [1.82, 2.24) is 9.80 Å². The molecule has 0 aliphatic carbocycles. The second kappa shape index (κ2) is 9.97. The quantitative estimate of drug-likeness (QED) is 0.632. The van der Waals surface area contributed by atoms with E-state index in [0.29, 0.717) is 18.0 Å². The molecule has 1 aliphatic rings. The SMILES string of the molecule is COc1cc2c(cc1OC)C(=O)N(CCCN(C)CCc1cccs1)C2.Cl. The van der Waals surface area contributed by atoms with Crippen LogP contribution in [-0.2, 0) is 13.0 Å². The lowest BCUT2D eigenvalue weighted by Gasteiger charge is -2.19. The molecule has 0 fully saturated rings. The Labute approximate surface area is 171 Å². The second-order valence-electron chi connectivity index (χ2n) is 6.58. The van der Waals surface area contributed by atoms with Crippen molar-refractivity contribution in [1.29, 1.82) is 0 Å². The maximum Gasteiger partial charge on any atom is 0.254 e. The maximum atomic E-state index is 12.6. The Kier molecular flexibility index (Phi) is 7.95. The number of nitrogens with zero attached hydrogens (tertiary/aromatic N) is 2. The maximum absolute atomic E-state index is 12.6. The number of benzene rings is 1. The van der Waals surface area contributed by atoms with Gasteiger partial charge in [0.25, 0.3) is 5.91 Å². The fourth-order valence-electron chi connectivity index (χ4n) is 3.28. The molecule has 0 N–H and O–H groups in total. The molecule has 0 unspecified atom stereocenters. The van der Waals surface area contributed by atoms with Gasteiger partial charge in [0.05, 0.1) is 14.2 Å². The van der Waals surface area contributed by atoms with Gasteiger partial charge in [-0.05, 0) is 55.6 Å².